The molecule has 0 unspecified atom stereocenters. The minimum atomic E-state index is -1.18. The summed E-state index contributed by atoms with van der Waals surface area (Å²) in [5.41, 5.74) is 3.38. The van der Waals surface area contributed by atoms with Gasteiger partial charge in [0.2, 0.25) is 5.91 Å². The first-order valence-corrected chi connectivity index (χ1v) is 14.4. The van der Waals surface area contributed by atoms with Crippen molar-refractivity contribution in [3.63, 3.8) is 0 Å². The fraction of sp³-hybridized carbons (Fsp3) is 0.273. The number of aromatic nitrogens is 1. The molecule has 0 aliphatic carbocycles. The highest BCUT2D eigenvalue weighted by molar-refractivity contribution is 5.88. The number of carbonyl (C=O) groups is 4. The average molecular weight is 601 g/mol. The molecule has 0 fully saturated rings. The Labute approximate surface area is 254 Å². The van der Waals surface area contributed by atoms with Gasteiger partial charge in [0.1, 0.15) is 25.3 Å². The lowest BCUT2D eigenvalue weighted by molar-refractivity contribution is -0.139. The van der Waals surface area contributed by atoms with Gasteiger partial charge in [-0.1, -0.05) is 78.9 Å². The SMILES string of the molecule is O=C(N[C@@H](CCCCNC(=O)[C@H](Cc1c[nH]c2ccccc12)NC(=O)OCc1ccccc1)C(=O)O)OCc1ccccc1. The van der Waals surface area contributed by atoms with E-state index in [1.165, 1.54) is 0 Å². The maximum Gasteiger partial charge on any atom is 0.408 e. The van der Waals surface area contributed by atoms with Crippen molar-refractivity contribution >= 4 is 35.0 Å². The van der Waals surface area contributed by atoms with Gasteiger partial charge in [-0.3, -0.25) is 4.79 Å². The first-order chi connectivity index (χ1) is 21.4. The molecule has 0 spiro atoms. The molecular weight excluding hydrogens is 564 g/mol. The number of aromatic amines is 1. The van der Waals surface area contributed by atoms with Gasteiger partial charge in [0, 0.05) is 30.1 Å². The van der Waals surface area contributed by atoms with Gasteiger partial charge in [0.15, 0.2) is 0 Å². The van der Waals surface area contributed by atoms with E-state index in [1.54, 1.807) is 12.1 Å². The van der Waals surface area contributed by atoms with Crippen LogP contribution in [0.1, 0.15) is 36.0 Å². The number of H-pyrrole nitrogens is 1. The number of rotatable bonds is 15. The molecular formula is C33H36N4O7. The molecule has 0 saturated heterocycles. The number of amides is 3. The van der Waals surface area contributed by atoms with Crippen molar-refractivity contribution < 1.29 is 33.8 Å². The fourth-order valence-corrected chi connectivity index (χ4v) is 4.61. The van der Waals surface area contributed by atoms with Gasteiger partial charge in [-0.05, 0) is 42.0 Å². The number of unbranched alkanes of at least 4 members (excludes halogenated alkanes) is 1. The molecule has 44 heavy (non-hydrogen) atoms. The second kappa shape index (κ2) is 16.4. The lowest BCUT2D eigenvalue weighted by Gasteiger charge is -2.19. The van der Waals surface area contributed by atoms with Crippen LogP contribution in [0.25, 0.3) is 10.9 Å². The van der Waals surface area contributed by atoms with Crippen molar-refractivity contribution in [2.45, 2.75) is 51.0 Å². The average Bonchev–Trinajstić information content (AvgIpc) is 3.45. The normalized spacial score (nSPS) is 12.1. The Morgan fingerprint density at radius 2 is 1.30 bits per heavy atom. The molecule has 230 valence electrons. The van der Waals surface area contributed by atoms with Crippen molar-refractivity contribution in [3.05, 3.63) is 108 Å². The van der Waals surface area contributed by atoms with Crippen LogP contribution in [0.15, 0.2) is 91.1 Å². The zero-order valence-corrected chi connectivity index (χ0v) is 24.2. The maximum absolute atomic E-state index is 13.2. The maximum atomic E-state index is 13.2. The van der Waals surface area contributed by atoms with Crippen molar-refractivity contribution in [3.8, 4) is 0 Å². The topological polar surface area (TPSA) is 159 Å². The Balaban J connectivity index is 1.26. The lowest BCUT2D eigenvalue weighted by Crippen LogP contribution is -2.48. The first kappa shape index (κ1) is 31.6. The van der Waals surface area contributed by atoms with Crippen LogP contribution >= 0.6 is 0 Å². The summed E-state index contributed by atoms with van der Waals surface area (Å²) in [6, 6.07) is 23.9. The minimum Gasteiger partial charge on any atom is -0.480 e. The van der Waals surface area contributed by atoms with E-state index in [1.807, 2.05) is 79.0 Å². The molecule has 2 atom stereocenters. The molecule has 4 aromatic rings. The number of fused-ring (bicyclic) bond motifs is 1. The quantitative estimate of drug-likeness (QED) is 0.124. The Kier molecular flexibility index (Phi) is 11.7. The van der Waals surface area contributed by atoms with Crippen LogP contribution in [0.5, 0.6) is 0 Å². The first-order valence-electron chi connectivity index (χ1n) is 14.4. The minimum absolute atomic E-state index is 0.0264. The van der Waals surface area contributed by atoms with Crippen LogP contribution in [-0.2, 0) is 38.7 Å². The van der Waals surface area contributed by atoms with Crippen LogP contribution in [0.4, 0.5) is 9.59 Å². The molecule has 0 bridgehead atoms. The number of aliphatic carboxylic acids is 1. The highest BCUT2D eigenvalue weighted by Gasteiger charge is 2.24. The molecule has 0 radical (unpaired) electrons. The van der Waals surface area contributed by atoms with Crippen molar-refractivity contribution in [1.29, 1.82) is 0 Å². The van der Waals surface area contributed by atoms with Crippen molar-refractivity contribution in [2.24, 2.45) is 0 Å². The number of nitrogens with one attached hydrogen (secondary N) is 4. The van der Waals surface area contributed by atoms with Gasteiger partial charge in [-0.15, -0.1) is 0 Å². The van der Waals surface area contributed by atoms with E-state index in [-0.39, 0.29) is 32.6 Å². The molecule has 0 aliphatic rings. The van der Waals surface area contributed by atoms with Crippen molar-refractivity contribution in [1.82, 2.24) is 20.9 Å². The molecule has 3 aromatic carbocycles. The summed E-state index contributed by atoms with van der Waals surface area (Å²) < 4.78 is 10.5. The van der Waals surface area contributed by atoms with Crippen molar-refractivity contribution in [2.75, 3.05) is 6.54 Å². The molecule has 11 nitrogen and oxygen atoms in total. The summed E-state index contributed by atoms with van der Waals surface area (Å²) in [5.74, 6) is -1.58. The number of hydrogen-bond donors (Lipinski definition) is 5. The van der Waals surface area contributed by atoms with Gasteiger partial charge >= 0.3 is 18.2 Å². The summed E-state index contributed by atoms with van der Waals surface area (Å²) in [7, 11) is 0. The number of alkyl carbamates (subject to hydrolysis) is 2. The van der Waals surface area contributed by atoms with E-state index in [0.717, 1.165) is 27.6 Å². The van der Waals surface area contributed by atoms with Crippen LogP contribution in [0, 0.1) is 0 Å². The summed E-state index contributed by atoms with van der Waals surface area (Å²) in [5, 5.41) is 18.4. The second-order valence-corrected chi connectivity index (χ2v) is 10.2. The predicted octanol–water partition coefficient (Wildman–Crippen LogP) is 4.67. The van der Waals surface area contributed by atoms with Crippen LogP contribution in [0.3, 0.4) is 0 Å². The highest BCUT2D eigenvalue weighted by Crippen LogP contribution is 2.19. The monoisotopic (exact) mass is 600 g/mol. The third-order valence-corrected chi connectivity index (χ3v) is 6.94. The van der Waals surface area contributed by atoms with Gasteiger partial charge in [-0.25, -0.2) is 14.4 Å². The molecule has 5 N–H and O–H groups in total. The molecule has 0 saturated carbocycles. The number of carbonyl (C=O) groups excluding carboxylic acids is 3. The van der Waals surface area contributed by atoms with Crippen LogP contribution < -0.4 is 16.0 Å². The van der Waals surface area contributed by atoms with Gasteiger partial charge in [0.05, 0.1) is 0 Å². The lowest BCUT2D eigenvalue weighted by atomic mass is 10.0. The van der Waals surface area contributed by atoms with Gasteiger partial charge in [0.25, 0.3) is 0 Å². The largest absolute Gasteiger partial charge is 0.480 e. The van der Waals surface area contributed by atoms with Gasteiger partial charge in [-0.2, -0.15) is 0 Å². The third-order valence-electron chi connectivity index (χ3n) is 6.94. The van der Waals surface area contributed by atoms with E-state index in [2.05, 4.69) is 20.9 Å². The van der Waals surface area contributed by atoms with E-state index < -0.39 is 36.1 Å². The number of carboxylic acid groups (broad SMARTS) is 1. The van der Waals surface area contributed by atoms with E-state index >= 15 is 0 Å². The molecule has 11 heteroatoms. The summed E-state index contributed by atoms with van der Waals surface area (Å²) in [6.45, 7) is 0.333. The Bertz CT molecular complexity index is 1520. The molecule has 1 aromatic heterocycles. The van der Waals surface area contributed by atoms with Crippen LogP contribution in [-0.4, -0.2) is 52.8 Å². The molecule has 1 heterocycles. The zero-order valence-electron chi connectivity index (χ0n) is 24.2. The number of benzene rings is 3. The number of hydrogen-bond acceptors (Lipinski definition) is 6. The van der Waals surface area contributed by atoms with E-state index in [9.17, 15) is 24.3 Å². The fourth-order valence-electron chi connectivity index (χ4n) is 4.61. The van der Waals surface area contributed by atoms with Crippen LogP contribution in [0.2, 0.25) is 0 Å². The number of para-hydroxylation sites is 1. The summed E-state index contributed by atoms with van der Waals surface area (Å²) in [6.07, 6.45) is 1.51. The van der Waals surface area contributed by atoms with Gasteiger partial charge < -0.3 is 35.5 Å². The predicted molar refractivity (Wildman–Crippen MR) is 164 cm³/mol. The highest BCUT2D eigenvalue weighted by atomic mass is 16.6. The third kappa shape index (κ3) is 9.90. The molecule has 0 aliphatic heterocycles. The summed E-state index contributed by atoms with van der Waals surface area (Å²) >= 11 is 0. The smallest absolute Gasteiger partial charge is 0.408 e. The standard InChI is InChI=1S/C33H36N4O7/c38-30(34-18-10-9-17-28(31(39)40)36-32(41)43-21-23-11-3-1-4-12-23)29(19-25-20-35-27-16-8-7-15-26(25)27)37-33(42)44-22-24-13-5-2-6-14-24/h1-8,11-16,20,28-29,35H,9-10,17-19,21-22H2,(H,34,38)(H,36,41)(H,37,42)(H,39,40)/t28-,29-/m0/s1. The Hall–Kier alpha value is -5.32. The molecule has 3 amide bonds. The number of carboxylic acids is 1. The van der Waals surface area contributed by atoms with E-state index in [0.29, 0.717) is 12.8 Å². The Morgan fingerprint density at radius 1 is 0.727 bits per heavy atom. The van der Waals surface area contributed by atoms with E-state index in [4.69, 9.17) is 9.47 Å². The second-order valence-electron chi connectivity index (χ2n) is 10.2. The summed E-state index contributed by atoms with van der Waals surface area (Å²) in [4.78, 5) is 52.8. The molecule has 4 rings (SSSR count). The zero-order chi connectivity index (χ0) is 31.1. The Morgan fingerprint density at radius 3 is 1.91 bits per heavy atom. The number of ether oxygens (including phenoxy) is 2.